The predicted octanol–water partition coefficient (Wildman–Crippen LogP) is 0.393. The van der Waals surface area contributed by atoms with Crippen molar-refractivity contribution in [2.24, 2.45) is 4.99 Å². The molecule has 1 heterocycles. The van der Waals surface area contributed by atoms with E-state index in [0.717, 1.165) is 24.6 Å². The lowest BCUT2D eigenvalue weighted by molar-refractivity contribution is 0.0698. The van der Waals surface area contributed by atoms with Crippen molar-refractivity contribution in [2.45, 2.75) is 13.0 Å². The Morgan fingerprint density at radius 1 is 1.37 bits per heavy atom. The first-order valence-corrected chi connectivity index (χ1v) is 6.27. The lowest BCUT2D eigenvalue weighted by atomic mass is 10.4. The number of nitrogens with one attached hydrogen (secondary N) is 2. The van der Waals surface area contributed by atoms with E-state index in [1.807, 2.05) is 6.07 Å². The fourth-order valence-electron chi connectivity index (χ4n) is 1.35. The molecular weight excluding hydrogens is 248 g/mol. The van der Waals surface area contributed by atoms with E-state index >= 15 is 0 Å². The molecule has 0 radical (unpaired) electrons. The molecule has 0 aliphatic heterocycles. The number of hydrogen-bond donors (Lipinski definition) is 2. The van der Waals surface area contributed by atoms with Gasteiger partial charge in [-0.3, -0.25) is 4.99 Å². The van der Waals surface area contributed by atoms with Gasteiger partial charge in [0.1, 0.15) is 12.0 Å². The average molecular weight is 270 g/mol. The van der Waals surface area contributed by atoms with Gasteiger partial charge in [-0.1, -0.05) is 5.16 Å². The number of guanidine groups is 1. The molecule has 0 aliphatic rings. The monoisotopic (exact) mass is 270 g/mol. The molecule has 0 spiro atoms. The van der Waals surface area contributed by atoms with E-state index in [0.29, 0.717) is 26.4 Å². The van der Waals surface area contributed by atoms with Crippen LogP contribution >= 0.6 is 0 Å². The van der Waals surface area contributed by atoms with Crippen molar-refractivity contribution in [3.8, 4) is 0 Å². The Balaban J connectivity index is 2.02. The summed E-state index contributed by atoms with van der Waals surface area (Å²) in [7, 11) is 3.39. The van der Waals surface area contributed by atoms with Gasteiger partial charge in [-0.2, -0.15) is 0 Å². The molecule has 0 aliphatic carbocycles. The molecule has 1 aromatic rings. The van der Waals surface area contributed by atoms with Crippen LogP contribution in [0.4, 0.5) is 0 Å². The van der Waals surface area contributed by atoms with Gasteiger partial charge in [0.05, 0.1) is 19.8 Å². The Morgan fingerprint density at radius 2 is 2.26 bits per heavy atom. The van der Waals surface area contributed by atoms with E-state index in [9.17, 15) is 0 Å². The Kier molecular flexibility index (Phi) is 8.41. The van der Waals surface area contributed by atoms with E-state index in [2.05, 4.69) is 20.8 Å². The fraction of sp³-hybridized carbons (Fsp3) is 0.667. The predicted molar refractivity (Wildman–Crippen MR) is 72.0 cm³/mol. The van der Waals surface area contributed by atoms with Gasteiger partial charge in [-0.05, 0) is 6.42 Å². The summed E-state index contributed by atoms with van der Waals surface area (Å²) in [5, 5.41) is 10.1. The van der Waals surface area contributed by atoms with Crippen LogP contribution < -0.4 is 10.6 Å². The van der Waals surface area contributed by atoms with E-state index < -0.39 is 0 Å². The highest BCUT2D eigenvalue weighted by molar-refractivity contribution is 5.79. The summed E-state index contributed by atoms with van der Waals surface area (Å²) in [4.78, 5) is 4.11. The lowest BCUT2D eigenvalue weighted by Crippen LogP contribution is -2.37. The van der Waals surface area contributed by atoms with Crippen LogP contribution in [0.3, 0.4) is 0 Å². The van der Waals surface area contributed by atoms with Crippen molar-refractivity contribution in [1.82, 2.24) is 15.8 Å². The molecule has 19 heavy (non-hydrogen) atoms. The molecule has 7 heteroatoms. The maximum Gasteiger partial charge on any atom is 0.191 e. The normalized spacial score (nSPS) is 11.6. The third kappa shape index (κ3) is 7.43. The molecular formula is C12H22N4O3. The van der Waals surface area contributed by atoms with E-state index in [1.165, 1.54) is 0 Å². The van der Waals surface area contributed by atoms with Crippen molar-refractivity contribution < 1.29 is 14.0 Å². The van der Waals surface area contributed by atoms with Gasteiger partial charge in [-0.15, -0.1) is 0 Å². The Labute approximate surface area is 113 Å². The third-order valence-electron chi connectivity index (χ3n) is 2.34. The second-order valence-corrected chi connectivity index (χ2v) is 3.80. The highest BCUT2D eigenvalue weighted by Crippen LogP contribution is 1.92. The van der Waals surface area contributed by atoms with Crippen molar-refractivity contribution in [3.63, 3.8) is 0 Å². The van der Waals surface area contributed by atoms with Crippen LogP contribution in [0.5, 0.6) is 0 Å². The van der Waals surface area contributed by atoms with Crippen LogP contribution in [0.2, 0.25) is 0 Å². The average Bonchev–Trinajstić information content (AvgIpc) is 2.94. The van der Waals surface area contributed by atoms with Crippen molar-refractivity contribution in [1.29, 1.82) is 0 Å². The number of ether oxygens (including phenoxy) is 2. The van der Waals surface area contributed by atoms with Crippen LogP contribution in [0.1, 0.15) is 12.1 Å². The minimum atomic E-state index is 0.584. The zero-order valence-electron chi connectivity index (χ0n) is 11.5. The van der Waals surface area contributed by atoms with Crippen LogP contribution in [-0.4, -0.2) is 51.6 Å². The van der Waals surface area contributed by atoms with Gasteiger partial charge < -0.3 is 24.6 Å². The molecule has 1 aromatic heterocycles. The van der Waals surface area contributed by atoms with Crippen molar-refractivity contribution >= 4 is 5.96 Å². The van der Waals surface area contributed by atoms with Gasteiger partial charge in [0.15, 0.2) is 5.96 Å². The van der Waals surface area contributed by atoms with Gasteiger partial charge in [0, 0.05) is 33.4 Å². The third-order valence-corrected chi connectivity index (χ3v) is 2.34. The smallest absolute Gasteiger partial charge is 0.191 e. The van der Waals surface area contributed by atoms with E-state index in [-0.39, 0.29) is 0 Å². The molecule has 0 atom stereocenters. The summed E-state index contributed by atoms with van der Waals surface area (Å²) >= 11 is 0. The standard InChI is InChI=1S/C12H22N4O3/c1-13-12(15-10-11-4-7-19-16-11)14-5-3-6-18-9-8-17-2/h4,7H,3,5-6,8-10H2,1-2H3,(H2,13,14,15). The summed E-state index contributed by atoms with van der Waals surface area (Å²) in [6.45, 7) is 3.35. The topological polar surface area (TPSA) is 80.9 Å². The minimum Gasteiger partial charge on any atom is -0.382 e. The highest BCUT2D eigenvalue weighted by atomic mass is 16.5. The molecule has 0 amide bonds. The van der Waals surface area contributed by atoms with Crippen LogP contribution in [-0.2, 0) is 16.0 Å². The molecule has 2 N–H and O–H groups in total. The molecule has 0 aromatic carbocycles. The van der Waals surface area contributed by atoms with Gasteiger partial charge in [-0.25, -0.2) is 0 Å². The molecule has 0 fully saturated rings. The largest absolute Gasteiger partial charge is 0.382 e. The van der Waals surface area contributed by atoms with Gasteiger partial charge in [0.25, 0.3) is 0 Å². The van der Waals surface area contributed by atoms with Gasteiger partial charge >= 0.3 is 0 Å². The van der Waals surface area contributed by atoms with Crippen LogP contribution in [0, 0.1) is 0 Å². The number of rotatable bonds is 9. The molecule has 7 nitrogen and oxygen atoms in total. The van der Waals surface area contributed by atoms with Crippen molar-refractivity contribution in [3.05, 3.63) is 18.0 Å². The summed E-state index contributed by atoms with van der Waals surface area (Å²) in [5.74, 6) is 0.736. The maximum absolute atomic E-state index is 5.36. The van der Waals surface area contributed by atoms with E-state index in [1.54, 1.807) is 20.4 Å². The maximum atomic E-state index is 5.36. The summed E-state index contributed by atoms with van der Waals surface area (Å²) < 4.78 is 15.0. The second-order valence-electron chi connectivity index (χ2n) is 3.80. The lowest BCUT2D eigenvalue weighted by Gasteiger charge is -2.10. The molecule has 0 saturated carbocycles. The zero-order chi connectivity index (χ0) is 13.8. The number of nitrogens with zero attached hydrogens (tertiary/aromatic N) is 2. The number of aliphatic imine (C=N–C) groups is 1. The SMILES string of the molecule is CN=C(NCCCOCCOC)NCc1ccon1. The summed E-state index contributed by atoms with van der Waals surface area (Å²) in [6.07, 6.45) is 2.46. The number of methoxy groups -OCH3 is 1. The first-order valence-electron chi connectivity index (χ1n) is 6.27. The molecule has 0 saturated heterocycles. The first kappa shape index (κ1) is 15.5. The quantitative estimate of drug-likeness (QED) is 0.384. The molecule has 108 valence electrons. The molecule has 1 rings (SSSR count). The fourth-order valence-corrected chi connectivity index (χ4v) is 1.35. The van der Waals surface area contributed by atoms with Crippen molar-refractivity contribution in [2.75, 3.05) is 40.5 Å². The highest BCUT2D eigenvalue weighted by Gasteiger charge is 1.99. The Morgan fingerprint density at radius 3 is 2.95 bits per heavy atom. The van der Waals surface area contributed by atoms with Crippen LogP contribution in [0.25, 0.3) is 0 Å². The molecule has 0 bridgehead atoms. The Bertz CT molecular complexity index is 341. The van der Waals surface area contributed by atoms with E-state index in [4.69, 9.17) is 14.0 Å². The number of hydrogen-bond acceptors (Lipinski definition) is 5. The number of aromatic nitrogens is 1. The Hall–Kier alpha value is -1.60. The second kappa shape index (κ2) is 10.3. The zero-order valence-corrected chi connectivity index (χ0v) is 11.5. The first-order chi connectivity index (χ1) is 9.36. The summed E-state index contributed by atoms with van der Waals surface area (Å²) in [6, 6.07) is 1.81. The summed E-state index contributed by atoms with van der Waals surface area (Å²) in [5.41, 5.74) is 0.839. The van der Waals surface area contributed by atoms with Crippen LogP contribution in [0.15, 0.2) is 21.8 Å². The van der Waals surface area contributed by atoms with Gasteiger partial charge in [0.2, 0.25) is 0 Å². The molecule has 0 unspecified atom stereocenters. The minimum absolute atomic E-state index is 0.584.